The number of carbonyl (C=O) groups excluding carboxylic acids is 2. The van der Waals surface area contributed by atoms with Gasteiger partial charge >= 0.3 is 0 Å². The summed E-state index contributed by atoms with van der Waals surface area (Å²) in [6, 6.07) is 5.49. The van der Waals surface area contributed by atoms with Gasteiger partial charge in [-0.25, -0.2) is 4.98 Å². The highest BCUT2D eigenvalue weighted by atomic mass is 35.5. The Kier molecular flexibility index (Phi) is 8.34. The molecule has 2 aromatic rings. The number of ether oxygens (including phenoxy) is 2. The summed E-state index contributed by atoms with van der Waals surface area (Å²) in [4.78, 5) is 31.2. The topological polar surface area (TPSA) is 121 Å². The number of epoxide rings is 1. The van der Waals surface area contributed by atoms with Crippen LogP contribution in [0.4, 0.5) is 0 Å². The van der Waals surface area contributed by atoms with Crippen LogP contribution >= 0.6 is 22.9 Å². The lowest BCUT2D eigenvalue weighted by Crippen LogP contribution is -2.48. The summed E-state index contributed by atoms with van der Waals surface area (Å²) in [5.41, 5.74) is 0.479. The van der Waals surface area contributed by atoms with Gasteiger partial charge in [-0.05, 0) is 38.0 Å². The molecule has 4 rings (SSSR count). The summed E-state index contributed by atoms with van der Waals surface area (Å²) in [5.74, 6) is -1.43. The smallest absolute Gasteiger partial charge is 0.223 e. The largest absolute Gasteiger partial charge is 0.392 e. The number of fused-ring (bicyclic) bond motifs is 2. The molecule has 3 N–H and O–H groups in total. The first-order chi connectivity index (χ1) is 17.4. The van der Waals surface area contributed by atoms with Gasteiger partial charge in [-0.1, -0.05) is 38.4 Å². The standard InChI is InChI=1S/C27H37ClN2O6S/c1-6-17-24(33)14(2)35-10-9-27(28)22(36-27)12-18(16-7-8-20-19(11-16)29-15(3)37-20)30-23(32)13-21(31)26(4,5)25(17)34/h7-8,11,14,17-18,21-22,24,31,33H,6,9-10,12-13H2,1-5H3,(H,30,32)/t14-,17+,18-,21-,22-,24+,27+/m0/s1. The summed E-state index contributed by atoms with van der Waals surface area (Å²) in [7, 11) is 0. The Hall–Kier alpha value is -1.62. The Morgan fingerprint density at radius 3 is 2.70 bits per heavy atom. The van der Waals surface area contributed by atoms with Crippen LogP contribution in [0.3, 0.4) is 0 Å². The van der Waals surface area contributed by atoms with Crippen LogP contribution < -0.4 is 5.32 Å². The number of aryl methyl sites for hydroxylation is 1. The number of aromatic nitrogens is 1. The van der Waals surface area contributed by atoms with Crippen molar-refractivity contribution < 1.29 is 29.3 Å². The van der Waals surface area contributed by atoms with Crippen molar-refractivity contribution >= 4 is 44.8 Å². The average molecular weight is 553 g/mol. The van der Waals surface area contributed by atoms with Crippen molar-refractivity contribution in [2.75, 3.05) is 6.61 Å². The minimum Gasteiger partial charge on any atom is -0.392 e. The molecule has 0 radical (unpaired) electrons. The SMILES string of the molecule is CC[C@H]1C(=O)C(C)(C)[C@@H](O)CC(=O)N[C@H](c2ccc3sc(C)nc3c2)C[C@@H]2O[C@]2(Cl)CCO[C@@H](C)[C@H]1O. The molecule has 1 amide bonds. The van der Waals surface area contributed by atoms with Gasteiger partial charge in [0.25, 0.3) is 0 Å². The Morgan fingerprint density at radius 1 is 1.27 bits per heavy atom. The molecule has 2 aliphatic rings. The first-order valence-electron chi connectivity index (χ1n) is 12.9. The number of aliphatic hydroxyl groups excluding tert-OH is 2. The summed E-state index contributed by atoms with van der Waals surface area (Å²) in [6.45, 7) is 8.97. The van der Waals surface area contributed by atoms with E-state index in [1.807, 2.05) is 32.0 Å². The van der Waals surface area contributed by atoms with Gasteiger partial charge in [-0.3, -0.25) is 9.59 Å². The number of rotatable bonds is 2. The zero-order chi connectivity index (χ0) is 27.1. The number of Topliss-reactive ketones (excluding diaryl/α,β-unsaturated/α-hetero) is 1. The maximum Gasteiger partial charge on any atom is 0.223 e. The number of aliphatic hydroxyl groups is 2. The number of hydrogen-bond acceptors (Lipinski definition) is 8. The first-order valence-corrected chi connectivity index (χ1v) is 14.1. The van der Waals surface area contributed by atoms with E-state index in [-0.39, 0.29) is 30.8 Å². The van der Waals surface area contributed by atoms with E-state index in [1.165, 1.54) is 0 Å². The zero-order valence-corrected chi connectivity index (χ0v) is 23.6. The van der Waals surface area contributed by atoms with Crippen molar-refractivity contribution in [2.24, 2.45) is 11.3 Å². The molecule has 0 spiro atoms. The van der Waals surface area contributed by atoms with Crippen LogP contribution in [0.25, 0.3) is 10.2 Å². The van der Waals surface area contributed by atoms with Crippen LogP contribution in [0, 0.1) is 18.3 Å². The second-order valence-electron chi connectivity index (χ2n) is 10.8. The minimum atomic E-state index is -1.24. The second-order valence-corrected chi connectivity index (χ2v) is 12.7. The third-order valence-corrected chi connectivity index (χ3v) is 9.28. The number of alkyl halides is 1. The van der Waals surface area contributed by atoms with E-state index < -0.39 is 40.7 Å². The summed E-state index contributed by atoms with van der Waals surface area (Å²) in [5, 5.41) is 25.0. The molecule has 0 bridgehead atoms. The summed E-state index contributed by atoms with van der Waals surface area (Å²) in [6.07, 6.45) is -2.27. The molecule has 7 atom stereocenters. The number of ketones is 1. The maximum absolute atomic E-state index is 13.4. The van der Waals surface area contributed by atoms with Gasteiger partial charge in [0, 0.05) is 18.8 Å². The molecule has 1 aromatic heterocycles. The predicted molar refractivity (Wildman–Crippen MR) is 143 cm³/mol. The number of thiazole rings is 1. The van der Waals surface area contributed by atoms with Gasteiger partial charge < -0.3 is 25.0 Å². The van der Waals surface area contributed by atoms with Crippen molar-refractivity contribution in [3.63, 3.8) is 0 Å². The molecule has 204 valence electrons. The first kappa shape index (κ1) is 28.4. The molecular formula is C27H37ClN2O6S. The molecule has 0 saturated carbocycles. The van der Waals surface area contributed by atoms with E-state index in [4.69, 9.17) is 21.1 Å². The van der Waals surface area contributed by atoms with Crippen LogP contribution in [-0.4, -0.2) is 63.0 Å². The normalized spacial score (nSPS) is 35.7. The van der Waals surface area contributed by atoms with Crippen molar-refractivity contribution in [3.8, 4) is 0 Å². The molecule has 2 saturated heterocycles. The zero-order valence-electron chi connectivity index (χ0n) is 22.0. The van der Waals surface area contributed by atoms with E-state index in [9.17, 15) is 19.8 Å². The number of amides is 1. The van der Waals surface area contributed by atoms with Gasteiger partial charge in [0.15, 0.2) is 5.06 Å². The maximum atomic E-state index is 13.4. The van der Waals surface area contributed by atoms with Gasteiger partial charge in [0.2, 0.25) is 5.91 Å². The highest BCUT2D eigenvalue weighted by Gasteiger charge is 2.55. The Bertz CT molecular complexity index is 1160. The minimum absolute atomic E-state index is 0.246. The van der Waals surface area contributed by atoms with Gasteiger partial charge in [0.1, 0.15) is 11.9 Å². The molecular weight excluding hydrogens is 516 g/mol. The second kappa shape index (κ2) is 10.9. The lowest BCUT2D eigenvalue weighted by molar-refractivity contribution is -0.147. The lowest BCUT2D eigenvalue weighted by atomic mass is 9.72. The van der Waals surface area contributed by atoms with E-state index in [0.717, 1.165) is 20.8 Å². The quantitative estimate of drug-likeness (QED) is 0.380. The number of nitrogens with zero attached hydrogens (tertiary/aromatic N) is 1. The van der Waals surface area contributed by atoms with Crippen molar-refractivity contribution in [1.82, 2.24) is 10.3 Å². The van der Waals surface area contributed by atoms with Crippen molar-refractivity contribution in [3.05, 3.63) is 28.8 Å². The van der Waals surface area contributed by atoms with E-state index >= 15 is 0 Å². The predicted octanol–water partition coefficient (Wildman–Crippen LogP) is 4.03. The Labute approximate surface area is 226 Å². The van der Waals surface area contributed by atoms with E-state index in [1.54, 1.807) is 32.1 Å². The molecule has 0 unspecified atom stereocenters. The number of nitrogens with one attached hydrogen (secondary N) is 1. The number of halogens is 1. The number of carbonyl (C=O) groups is 2. The average Bonchev–Trinajstić information content (AvgIpc) is 3.30. The lowest BCUT2D eigenvalue weighted by Gasteiger charge is -2.35. The Balaban J connectivity index is 1.62. The highest BCUT2D eigenvalue weighted by Crippen LogP contribution is 2.48. The molecule has 37 heavy (non-hydrogen) atoms. The van der Waals surface area contributed by atoms with Crippen LogP contribution in [-0.2, 0) is 19.1 Å². The molecule has 8 nitrogen and oxygen atoms in total. The summed E-state index contributed by atoms with van der Waals surface area (Å²) >= 11 is 8.31. The molecule has 3 heterocycles. The molecule has 2 aliphatic heterocycles. The van der Waals surface area contributed by atoms with Gasteiger partial charge in [-0.15, -0.1) is 11.3 Å². The molecule has 10 heteroatoms. The van der Waals surface area contributed by atoms with Gasteiger partial charge in [-0.2, -0.15) is 0 Å². The van der Waals surface area contributed by atoms with Crippen molar-refractivity contribution in [1.29, 1.82) is 0 Å². The molecule has 2 fully saturated rings. The van der Waals surface area contributed by atoms with Crippen LogP contribution in [0.1, 0.15) is 70.0 Å². The summed E-state index contributed by atoms with van der Waals surface area (Å²) < 4.78 is 12.8. The van der Waals surface area contributed by atoms with Gasteiger partial charge in [0.05, 0.1) is 58.0 Å². The van der Waals surface area contributed by atoms with Crippen LogP contribution in [0.15, 0.2) is 18.2 Å². The highest BCUT2D eigenvalue weighted by molar-refractivity contribution is 7.18. The van der Waals surface area contributed by atoms with Crippen LogP contribution in [0.5, 0.6) is 0 Å². The Morgan fingerprint density at radius 2 is 2.00 bits per heavy atom. The fourth-order valence-electron chi connectivity index (χ4n) is 5.13. The number of hydrogen-bond donors (Lipinski definition) is 3. The third-order valence-electron chi connectivity index (χ3n) is 7.81. The fraction of sp³-hybridized carbons (Fsp3) is 0.667. The van der Waals surface area contributed by atoms with E-state index in [0.29, 0.717) is 19.3 Å². The van der Waals surface area contributed by atoms with Crippen LogP contribution in [0.2, 0.25) is 0 Å². The van der Waals surface area contributed by atoms with E-state index in [2.05, 4.69) is 10.3 Å². The third kappa shape index (κ3) is 6.02. The fourth-order valence-corrected chi connectivity index (χ4v) is 6.21. The van der Waals surface area contributed by atoms with Crippen molar-refractivity contribution in [2.45, 2.75) is 95.8 Å². The molecule has 0 aliphatic carbocycles. The monoisotopic (exact) mass is 552 g/mol. The number of benzene rings is 1. The molecule has 1 aromatic carbocycles.